The van der Waals surface area contributed by atoms with Crippen molar-refractivity contribution in [3.05, 3.63) is 90.0 Å². The van der Waals surface area contributed by atoms with E-state index < -0.39 is 0 Å². The monoisotopic (exact) mass is 369 g/mol. The Hall–Kier alpha value is -3.53. The van der Waals surface area contributed by atoms with E-state index in [1.165, 1.54) is 11.1 Å². The summed E-state index contributed by atoms with van der Waals surface area (Å²) in [7, 11) is 0. The number of para-hydroxylation sites is 1. The Morgan fingerprint density at radius 1 is 0.893 bits per heavy atom. The molecule has 0 atom stereocenters. The van der Waals surface area contributed by atoms with Gasteiger partial charge in [-0.3, -0.25) is 0 Å². The first-order chi connectivity index (χ1) is 13.7. The summed E-state index contributed by atoms with van der Waals surface area (Å²) in [6.07, 6.45) is 0.799. The van der Waals surface area contributed by atoms with Gasteiger partial charge in [0.25, 0.3) is 0 Å². The van der Waals surface area contributed by atoms with E-state index in [4.69, 9.17) is 0 Å². The fraction of sp³-hybridized carbons (Fsp3) is 0.125. The number of aryl methyl sites for hydroxylation is 1. The molecule has 0 unspecified atom stereocenters. The van der Waals surface area contributed by atoms with Crippen molar-refractivity contribution >= 4 is 22.6 Å². The third-order valence-electron chi connectivity index (χ3n) is 4.83. The summed E-state index contributed by atoms with van der Waals surface area (Å²) in [5, 5.41) is 7.01. The number of urea groups is 1. The molecule has 28 heavy (non-hydrogen) atoms. The molecule has 0 bridgehead atoms. The van der Waals surface area contributed by atoms with E-state index in [-0.39, 0.29) is 6.03 Å². The van der Waals surface area contributed by atoms with Crippen LogP contribution in [-0.4, -0.2) is 17.6 Å². The zero-order valence-corrected chi connectivity index (χ0v) is 15.8. The van der Waals surface area contributed by atoms with Crippen LogP contribution >= 0.6 is 0 Å². The first-order valence-electron chi connectivity index (χ1n) is 9.47. The lowest BCUT2D eigenvalue weighted by atomic mass is 10.1. The van der Waals surface area contributed by atoms with Crippen LogP contribution in [0.4, 0.5) is 10.5 Å². The van der Waals surface area contributed by atoms with Crippen molar-refractivity contribution < 1.29 is 4.79 Å². The number of carbonyl (C=O) groups excluding carboxylic acids is 1. The second-order valence-electron chi connectivity index (χ2n) is 6.90. The summed E-state index contributed by atoms with van der Waals surface area (Å²) in [4.78, 5) is 16.0. The molecule has 0 fully saturated rings. The van der Waals surface area contributed by atoms with Crippen LogP contribution < -0.4 is 10.6 Å². The van der Waals surface area contributed by atoms with Crippen LogP contribution in [0.3, 0.4) is 0 Å². The summed E-state index contributed by atoms with van der Waals surface area (Å²) in [6.45, 7) is 2.65. The molecule has 1 aromatic heterocycles. The molecule has 4 nitrogen and oxygen atoms in total. The predicted octanol–water partition coefficient (Wildman–Crippen LogP) is 5.51. The highest BCUT2D eigenvalue weighted by Gasteiger charge is 2.15. The summed E-state index contributed by atoms with van der Waals surface area (Å²) in [5.41, 5.74) is 6.17. The quantitative estimate of drug-likeness (QED) is 0.427. The van der Waals surface area contributed by atoms with Crippen LogP contribution in [0.15, 0.2) is 78.9 Å². The molecule has 0 spiro atoms. The van der Waals surface area contributed by atoms with Crippen molar-refractivity contribution in [3.8, 4) is 11.3 Å². The number of H-pyrrole nitrogens is 1. The molecule has 4 aromatic rings. The Balaban J connectivity index is 1.54. The Labute approximate surface area is 164 Å². The highest BCUT2D eigenvalue weighted by Crippen LogP contribution is 2.35. The number of rotatable bonds is 5. The zero-order chi connectivity index (χ0) is 19.3. The third-order valence-corrected chi connectivity index (χ3v) is 4.83. The number of benzene rings is 3. The first kappa shape index (κ1) is 17.9. The topological polar surface area (TPSA) is 56.9 Å². The van der Waals surface area contributed by atoms with Crippen LogP contribution in [0.25, 0.3) is 22.2 Å². The van der Waals surface area contributed by atoms with E-state index in [9.17, 15) is 4.79 Å². The molecule has 140 valence electrons. The van der Waals surface area contributed by atoms with Crippen LogP contribution in [0.2, 0.25) is 0 Å². The van der Waals surface area contributed by atoms with E-state index >= 15 is 0 Å². The van der Waals surface area contributed by atoms with Gasteiger partial charge in [-0.25, -0.2) is 4.79 Å². The van der Waals surface area contributed by atoms with E-state index in [1.54, 1.807) is 0 Å². The maximum absolute atomic E-state index is 12.5. The van der Waals surface area contributed by atoms with Gasteiger partial charge >= 0.3 is 6.03 Å². The minimum atomic E-state index is -0.200. The van der Waals surface area contributed by atoms with E-state index in [1.807, 2.05) is 42.5 Å². The van der Waals surface area contributed by atoms with Gasteiger partial charge in [-0.05, 0) is 25.0 Å². The Morgan fingerprint density at radius 3 is 2.39 bits per heavy atom. The highest BCUT2D eigenvalue weighted by molar-refractivity contribution is 6.07. The van der Waals surface area contributed by atoms with Crippen molar-refractivity contribution in [2.24, 2.45) is 0 Å². The Kier molecular flexibility index (Phi) is 5.11. The van der Waals surface area contributed by atoms with Crippen LogP contribution in [0.1, 0.15) is 11.1 Å². The molecule has 0 radical (unpaired) electrons. The van der Waals surface area contributed by atoms with E-state index in [2.05, 4.69) is 58.9 Å². The number of nitrogens with one attached hydrogen (secondary N) is 3. The van der Waals surface area contributed by atoms with Crippen molar-refractivity contribution in [1.29, 1.82) is 0 Å². The first-order valence-corrected chi connectivity index (χ1v) is 9.47. The largest absolute Gasteiger partial charge is 0.353 e. The summed E-state index contributed by atoms with van der Waals surface area (Å²) >= 11 is 0. The molecule has 3 N–H and O–H groups in total. The maximum atomic E-state index is 12.5. The molecule has 2 amide bonds. The Bertz CT molecular complexity index is 1080. The smallest absolute Gasteiger partial charge is 0.319 e. The van der Waals surface area contributed by atoms with Gasteiger partial charge in [0, 0.05) is 23.0 Å². The van der Waals surface area contributed by atoms with E-state index in [0.717, 1.165) is 34.3 Å². The van der Waals surface area contributed by atoms with Gasteiger partial charge < -0.3 is 15.6 Å². The van der Waals surface area contributed by atoms with Crippen LogP contribution in [0, 0.1) is 6.92 Å². The molecule has 0 aliphatic heterocycles. The van der Waals surface area contributed by atoms with Gasteiger partial charge in [0.05, 0.1) is 11.4 Å². The van der Waals surface area contributed by atoms with Gasteiger partial charge in [-0.15, -0.1) is 0 Å². The lowest BCUT2D eigenvalue weighted by Gasteiger charge is -2.10. The lowest BCUT2D eigenvalue weighted by molar-refractivity contribution is 0.252. The fourth-order valence-electron chi connectivity index (χ4n) is 3.33. The molecule has 4 rings (SSSR count). The van der Waals surface area contributed by atoms with Crippen LogP contribution in [-0.2, 0) is 6.42 Å². The maximum Gasteiger partial charge on any atom is 0.319 e. The third kappa shape index (κ3) is 3.91. The van der Waals surface area contributed by atoms with Crippen molar-refractivity contribution in [2.45, 2.75) is 13.3 Å². The molecule has 0 aliphatic rings. The van der Waals surface area contributed by atoms with Gasteiger partial charge in [0.1, 0.15) is 0 Å². The molecular weight excluding hydrogens is 346 g/mol. The van der Waals surface area contributed by atoms with Gasteiger partial charge in [0.15, 0.2) is 0 Å². The molecule has 0 saturated carbocycles. The van der Waals surface area contributed by atoms with Crippen molar-refractivity contribution in [1.82, 2.24) is 10.3 Å². The average Bonchev–Trinajstić information content (AvgIpc) is 3.08. The molecule has 3 aromatic carbocycles. The number of fused-ring (bicyclic) bond motifs is 1. The number of hydrogen-bond acceptors (Lipinski definition) is 1. The number of amides is 2. The number of aromatic amines is 1. The zero-order valence-electron chi connectivity index (χ0n) is 15.8. The predicted molar refractivity (Wildman–Crippen MR) is 116 cm³/mol. The van der Waals surface area contributed by atoms with E-state index in [0.29, 0.717) is 6.54 Å². The summed E-state index contributed by atoms with van der Waals surface area (Å²) < 4.78 is 0. The average molecular weight is 369 g/mol. The minimum absolute atomic E-state index is 0.200. The lowest BCUT2D eigenvalue weighted by Crippen LogP contribution is -2.30. The normalized spacial score (nSPS) is 10.8. The molecule has 1 heterocycles. The second-order valence-corrected chi connectivity index (χ2v) is 6.90. The van der Waals surface area contributed by atoms with Gasteiger partial charge in [-0.1, -0.05) is 78.4 Å². The number of anilines is 1. The molecule has 4 heteroatoms. The van der Waals surface area contributed by atoms with Crippen molar-refractivity contribution in [2.75, 3.05) is 11.9 Å². The summed E-state index contributed by atoms with van der Waals surface area (Å²) in [6, 6.07) is 26.2. The highest BCUT2D eigenvalue weighted by atomic mass is 16.2. The standard InChI is InChI=1S/C24H23N3O/c1-17-11-13-19(14-12-17)22-23(20-9-5-6-10-21(20)26-22)27-24(28)25-16-15-18-7-3-2-4-8-18/h2-14,26H,15-16H2,1H3,(H2,25,27,28). The number of hydrogen-bond donors (Lipinski definition) is 3. The van der Waals surface area contributed by atoms with Gasteiger partial charge in [-0.2, -0.15) is 0 Å². The number of aromatic nitrogens is 1. The van der Waals surface area contributed by atoms with Crippen molar-refractivity contribution in [3.63, 3.8) is 0 Å². The molecule has 0 saturated heterocycles. The second kappa shape index (κ2) is 8.01. The molecular formula is C24H23N3O. The van der Waals surface area contributed by atoms with Crippen LogP contribution in [0.5, 0.6) is 0 Å². The fourth-order valence-corrected chi connectivity index (χ4v) is 3.33. The summed E-state index contributed by atoms with van der Waals surface area (Å²) in [5.74, 6) is 0. The minimum Gasteiger partial charge on any atom is -0.353 e. The number of carbonyl (C=O) groups is 1. The van der Waals surface area contributed by atoms with Gasteiger partial charge in [0.2, 0.25) is 0 Å². The molecule has 0 aliphatic carbocycles. The Morgan fingerprint density at radius 2 is 1.61 bits per heavy atom. The SMILES string of the molecule is Cc1ccc(-c2[nH]c3ccccc3c2NC(=O)NCCc2ccccc2)cc1.